The molecule has 0 N–H and O–H groups in total. The van der Waals surface area contributed by atoms with E-state index in [1.165, 1.54) is 0 Å². The Morgan fingerprint density at radius 3 is 2.32 bits per heavy atom. The smallest absolute Gasteiger partial charge is 0.311 e. The Morgan fingerprint density at radius 2 is 1.64 bits per heavy atom. The van der Waals surface area contributed by atoms with Crippen molar-refractivity contribution < 1.29 is 19.1 Å². The third-order valence-corrected chi connectivity index (χ3v) is 4.21. The first-order chi connectivity index (χ1) is 12.1. The molecule has 0 radical (unpaired) electrons. The highest BCUT2D eigenvalue weighted by Crippen LogP contribution is 2.21. The highest BCUT2D eigenvalue weighted by molar-refractivity contribution is 5.98. The number of likely N-dealkylation sites (tertiary alicyclic amines) is 1. The Balaban J connectivity index is 1.51. The maximum atomic E-state index is 12.2. The number of nitrogens with zero attached hydrogens (tertiary/aromatic N) is 1. The number of rotatable bonds is 6. The Hall–Kier alpha value is -2.95. The van der Waals surface area contributed by atoms with E-state index in [1.54, 1.807) is 29.2 Å². The number of carbonyl (C=O) groups excluding carboxylic acids is 3. The van der Waals surface area contributed by atoms with Crippen LogP contribution in [0.2, 0.25) is 0 Å². The van der Waals surface area contributed by atoms with Crippen LogP contribution >= 0.6 is 0 Å². The summed E-state index contributed by atoms with van der Waals surface area (Å²) in [6.07, 6.45) is 0.130. The van der Waals surface area contributed by atoms with E-state index >= 15 is 0 Å². The van der Waals surface area contributed by atoms with Gasteiger partial charge in [-0.3, -0.25) is 14.4 Å². The molecule has 0 aliphatic carbocycles. The fourth-order valence-electron chi connectivity index (χ4n) is 2.85. The standard InChI is InChI=1S/C20H19NO4/c22-18(16-9-5-2-6-10-16)14-25-20(24)17-11-19(23)21(13-17)12-15-7-3-1-4-8-15/h1-10,17H,11-14H2. The third kappa shape index (κ3) is 4.32. The number of esters is 1. The monoisotopic (exact) mass is 337 g/mol. The predicted molar refractivity (Wildman–Crippen MR) is 91.7 cm³/mol. The van der Waals surface area contributed by atoms with Gasteiger partial charge in [-0.15, -0.1) is 0 Å². The molecule has 1 atom stereocenters. The minimum Gasteiger partial charge on any atom is -0.457 e. The van der Waals surface area contributed by atoms with E-state index in [0.29, 0.717) is 18.7 Å². The van der Waals surface area contributed by atoms with Gasteiger partial charge in [0.15, 0.2) is 12.4 Å². The van der Waals surface area contributed by atoms with Crippen LogP contribution in [-0.2, 0) is 20.9 Å². The number of ketones is 1. The number of hydrogen-bond donors (Lipinski definition) is 0. The zero-order valence-electron chi connectivity index (χ0n) is 13.8. The van der Waals surface area contributed by atoms with Crippen LogP contribution in [0, 0.1) is 5.92 Å². The van der Waals surface area contributed by atoms with E-state index in [-0.39, 0.29) is 24.7 Å². The van der Waals surface area contributed by atoms with Crippen molar-refractivity contribution in [1.29, 1.82) is 0 Å². The third-order valence-electron chi connectivity index (χ3n) is 4.21. The molecule has 5 heteroatoms. The summed E-state index contributed by atoms with van der Waals surface area (Å²) in [7, 11) is 0. The molecule has 0 bridgehead atoms. The normalized spacial score (nSPS) is 16.7. The topological polar surface area (TPSA) is 63.7 Å². The van der Waals surface area contributed by atoms with Crippen LogP contribution in [0.3, 0.4) is 0 Å². The van der Waals surface area contributed by atoms with Gasteiger partial charge in [-0.2, -0.15) is 0 Å². The van der Waals surface area contributed by atoms with Gasteiger partial charge in [-0.25, -0.2) is 0 Å². The maximum Gasteiger partial charge on any atom is 0.311 e. The molecule has 1 fully saturated rings. The second kappa shape index (κ2) is 7.75. The van der Waals surface area contributed by atoms with E-state index < -0.39 is 11.9 Å². The zero-order valence-corrected chi connectivity index (χ0v) is 13.8. The van der Waals surface area contributed by atoms with Crippen LogP contribution in [0.25, 0.3) is 0 Å². The summed E-state index contributed by atoms with van der Waals surface area (Å²) in [5, 5.41) is 0. The van der Waals surface area contributed by atoms with Gasteiger partial charge in [0.2, 0.25) is 5.91 Å². The van der Waals surface area contributed by atoms with Crippen molar-refractivity contribution in [2.24, 2.45) is 5.92 Å². The van der Waals surface area contributed by atoms with Crippen LogP contribution in [0.5, 0.6) is 0 Å². The maximum absolute atomic E-state index is 12.2. The second-order valence-electron chi connectivity index (χ2n) is 6.06. The molecule has 2 aromatic rings. The quantitative estimate of drug-likeness (QED) is 0.600. The Bertz CT molecular complexity index is 758. The molecule has 1 saturated heterocycles. The van der Waals surface area contributed by atoms with Gasteiger partial charge in [0.1, 0.15) is 0 Å². The van der Waals surface area contributed by atoms with Crippen molar-refractivity contribution in [2.75, 3.05) is 13.2 Å². The average molecular weight is 337 g/mol. The molecule has 1 unspecified atom stereocenters. The molecule has 0 spiro atoms. The summed E-state index contributed by atoms with van der Waals surface area (Å²) >= 11 is 0. The van der Waals surface area contributed by atoms with Crippen LogP contribution in [0.4, 0.5) is 0 Å². The molecule has 3 rings (SSSR count). The molecule has 25 heavy (non-hydrogen) atoms. The summed E-state index contributed by atoms with van der Waals surface area (Å²) in [6, 6.07) is 18.3. The predicted octanol–water partition coefficient (Wildman–Crippen LogP) is 2.46. The van der Waals surface area contributed by atoms with Crippen LogP contribution in [0.15, 0.2) is 60.7 Å². The molecular formula is C20H19NO4. The summed E-state index contributed by atoms with van der Waals surface area (Å²) < 4.78 is 5.12. The van der Waals surface area contributed by atoms with Crippen molar-refractivity contribution in [3.63, 3.8) is 0 Å². The highest BCUT2D eigenvalue weighted by atomic mass is 16.5. The highest BCUT2D eigenvalue weighted by Gasteiger charge is 2.35. The van der Waals surface area contributed by atoms with Crippen LogP contribution in [0.1, 0.15) is 22.3 Å². The summed E-state index contributed by atoms with van der Waals surface area (Å²) in [5.41, 5.74) is 1.52. The molecule has 0 saturated carbocycles. The first-order valence-corrected chi connectivity index (χ1v) is 8.20. The van der Waals surface area contributed by atoms with Gasteiger partial charge in [0.25, 0.3) is 0 Å². The van der Waals surface area contributed by atoms with Gasteiger partial charge in [-0.1, -0.05) is 60.7 Å². The SMILES string of the molecule is O=C(COC(=O)C1CC(=O)N(Cc2ccccc2)C1)c1ccccc1. The summed E-state index contributed by atoms with van der Waals surface area (Å²) in [5.74, 6) is -1.33. The number of ether oxygens (including phenoxy) is 1. The number of amides is 1. The summed E-state index contributed by atoms with van der Waals surface area (Å²) in [6.45, 7) is 0.505. The van der Waals surface area contributed by atoms with Crippen molar-refractivity contribution in [3.8, 4) is 0 Å². The minimum absolute atomic E-state index is 0.0693. The lowest BCUT2D eigenvalue weighted by Crippen LogP contribution is -2.27. The average Bonchev–Trinajstić information content (AvgIpc) is 3.01. The van der Waals surface area contributed by atoms with Gasteiger partial charge in [0.05, 0.1) is 5.92 Å². The van der Waals surface area contributed by atoms with Gasteiger partial charge in [-0.05, 0) is 5.56 Å². The minimum atomic E-state index is -0.514. The van der Waals surface area contributed by atoms with Gasteiger partial charge in [0, 0.05) is 25.1 Å². The van der Waals surface area contributed by atoms with E-state index in [1.807, 2.05) is 36.4 Å². The molecule has 128 valence electrons. The van der Waals surface area contributed by atoms with Crippen LogP contribution < -0.4 is 0 Å². The number of Topliss-reactive ketones (excluding diaryl/α,β-unsaturated/α-hetero) is 1. The Morgan fingerprint density at radius 1 is 1.00 bits per heavy atom. The lowest BCUT2D eigenvalue weighted by Gasteiger charge is -2.16. The zero-order chi connectivity index (χ0) is 17.6. The molecule has 2 aromatic carbocycles. The molecule has 5 nitrogen and oxygen atoms in total. The van der Waals surface area contributed by atoms with Crippen LogP contribution in [-0.4, -0.2) is 35.7 Å². The van der Waals surface area contributed by atoms with E-state index in [4.69, 9.17) is 4.74 Å². The Labute approximate surface area is 146 Å². The second-order valence-corrected chi connectivity index (χ2v) is 6.06. The largest absolute Gasteiger partial charge is 0.457 e. The van der Waals surface area contributed by atoms with Crippen molar-refractivity contribution in [3.05, 3.63) is 71.8 Å². The van der Waals surface area contributed by atoms with Gasteiger partial charge < -0.3 is 9.64 Å². The Kier molecular flexibility index (Phi) is 5.23. The van der Waals surface area contributed by atoms with E-state index in [9.17, 15) is 14.4 Å². The van der Waals surface area contributed by atoms with E-state index in [0.717, 1.165) is 5.56 Å². The molecule has 1 heterocycles. The fraction of sp³-hybridized carbons (Fsp3) is 0.250. The van der Waals surface area contributed by atoms with Crippen molar-refractivity contribution in [2.45, 2.75) is 13.0 Å². The number of hydrogen-bond acceptors (Lipinski definition) is 4. The van der Waals surface area contributed by atoms with Crippen molar-refractivity contribution >= 4 is 17.7 Å². The molecule has 1 aliphatic heterocycles. The van der Waals surface area contributed by atoms with Crippen molar-refractivity contribution in [1.82, 2.24) is 4.90 Å². The molecule has 1 amide bonds. The fourth-order valence-corrected chi connectivity index (χ4v) is 2.85. The van der Waals surface area contributed by atoms with Gasteiger partial charge >= 0.3 is 5.97 Å². The van der Waals surface area contributed by atoms with E-state index in [2.05, 4.69) is 0 Å². The lowest BCUT2D eigenvalue weighted by molar-refractivity contribution is -0.147. The lowest BCUT2D eigenvalue weighted by atomic mass is 10.1. The number of carbonyl (C=O) groups is 3. The first kappa shape index (κ1) is 16.9. The first-order valence-electron chi connectivity index (χ1n) is 8.20. The molecule has 0 aromatic heterocycles. The molecule has 1 aliphatic rings. The molecular weight excluding hydrogens is 318 g/mol. The number of benzene rings is 2. The summed E-state index contributed by atoms with van der Waals surface area (Å²) in [4.78, 5) is 37.9.